The van der Waals surface area contributed by atoms with Crippen molar-refractivity contribution in [3.8, 4) is 0 Å². The number of hydrogen-bond donors (Lipinski definition) is 0. The average molecular weight is 196 g/mol. The zero-order chi connectivity index (χ0) is 11.1. The van der Waals surface area contributed by atoms with Gasteiger partial charge < -0.3 is 0 Å². The Kier molecular flexibility index (Phi) is 6.96. The van der Waals surface area contributed by atoms with Crippen LogP contribution in [-0.4, -0.2) is 0 Å². The fourth-order valence-electron chi connectivity index (χ4n) is 1.75. The van der Waals surface area contributed by atoms with Gasteiger partial charge in [-0.1, -0.05) is 52.7 Å². The van der Waals surface area contributed by atoms with Gasteiger partial charge in [0.25, 0.3) is 0 Å². The summed E-state index contributed by atoms with van der Waals surface area (Å²) >= 11 is 0. The molecule has 14 heavy (non-hydrogen) atoms. The third-order valence-electron chi connectivity index (χ3n) is 3.35. The van der Waals surface area contributed by atoms with E-state index < -0.39 is 0 Å². The molecule has 0 aliphatic carbocycles. The van der Waals surface area contributed by atoms with Crippen LogP contribution in [0.2, 0.25) is 0 Å². The van der Waals surface area contributed by atoms with Crippen molar-refractivity contribution in [2.24, 2.45) is 17.8 Å². The molecule has 0 spiro atoms. The van der Waals surface area contributed by atoms with E-state index in [1.165, 1.54) is 19.3 Å². The Hall–Kier alpha value is -0.260. The van der Waals surface area contributed by atoms with E-state index in [1.807, 2.05) is 0 Å². The van der Waals surface area contributed by atoms with Crippen LogP contribution in [0.3, 0.4) is 0 Å². The van der Waals surface area contributed by atoms with Crippen LogP contribution < -0.4 is 0 Å². The highest BCUT2D eigenvalue weighted by atomic mass is 14.2. The molecule has 2 unspecified atom stereocenters. The van der Waals surface area contributed by atoms with Crippen molar-refractivity contribution in [2.45, 2.75) is 60.8 Å². The van der Waals surface area contributed by atoms with Crippen molar-refractivity contribution in [1.29, 1.82) is 0 Å². The summed E-state index contributed by atoms with van der Waals surface area (Å²) in [5.74, 6) is 2.32. The van der Waals surface area contributed by atoms with Gasteiger partial charge in [-0.2, -0.15) is 0 Å². The molecular formula is C14H28. The highest BCUT2D eigenvalue weighted by Gasteiger charge is 2.13. The van der Waals surface area contributed by atoms with E-state index >= 15 is 0 Å². The second kappa shape index (κ2) is 7.09. The monoisotopic (exact) mass is 196 g/mol. The van der Waals surface area contributed by atoms with Crippen LogP contribution in [0.15, 0.2) is 11.6 Å². The topological polar surface area (TPSA) is 0 Å². The third-order valence-corrected chi connectivity index (χ3v) is 3.35. The van der Waals surface area contributed by atoms with Crippen molar-refractivity contribution in [3.63, 3.8) is 0 Å². The predicted octanol–water partition coefficient (Wildman–Crippen LogP) is 5.05. The van der Waals surface area contributed by atoms with E-state index in [-0.39, 0.29) is 0 Å². The van der Waals surface area contributed by atoms with Gasteiger partial charge in [0.1, 0.15) is 0 Å². The van der Waals surface area contributed by atoms with Crippen LogP contribution in [0.25, 0.3) is 0 Å². The Morgan fingerprint density at radius 2 is 1.71 bits per heavy atom. The molecule has 0 radical (unpaired) electrons. The summed E-state index contributed by atoms with van der Waals surface area (Å²) in [6, 6.07) is 0. The smallest absolute Gasteiger partial charge is 0.0231 e. The number of allylic oxidation sites excluding steroid dienone is 2. The van der Waals surface area contributed by atoms with Crippen LogP contribution in [0.4, 0.5) is 0 Å². The fourth-order valence-corrected chi connectivity index (χ4v) is 1.75. The highest BCUT2D eigenvalue weighted by molar-refractivity contribution is 5.01. The molecule has 0 aromatic carbocycles. The van der Waals surface area contributed by atoms with Crippen molar-refractivity contribution in [3.05, 3.63) is 11.6 Å². The van der Waals surface area contributed by atoms with Crippen molar-refractivity contribution >= 4 is 0 Å². The molecule has 0 aliphatic rings. The maximum absolute atomic E-state index is 2.47. The maximum Gasteiger partial charge on any atom is -0.0231 e. The standard InChI is InChI=1S/C14H28/c1-7-8-9-12(4)10-13(5)14(6)11(2)3/h10-11,13-14H,7-9H2,1-6H3. The lowest BCUT2D eigenvalue weighted by atomic mass is 9.85. The predicted molar refractivity (Wildman–Crippen MR) is 66.4 cm³/mol. The lowest BCUT2D eigenvalue weighted by Crippen LogP contribution is -2.12. The molecule has 0 N–H and O–H groups in total. The van der Waals surface area contributed by atoms with Crippen molar-refractivity contribution in [1.82, 2.24) is 0 Å². The van der Waals surface area contributed by atoms with Gasteiger partial charge in [0.05, 0.1) is 0 Å². The van der Waals surface area contributed by atoms with E-state index in [0.29, 0.717) is 0 Å². The second-order valence-corrected chi connectivity index (χ2v) is 5.08. The summed E-state index contributed by atoms with van der Waals surface area (Å²) in [5, 5.41) is 0. The molecule has 84 valence electrons. The Labute approximate surface area is 90.8 Å². The zero-order valence-corrected chi connectivity index (χ0v) is 10.9. The van der Waals surface area contributed by atoms with Gasteiger partial charge in [0.15, 0.2) is 0 Å². The summed E-state index contributed by atoms with van der Waals surface area (Å²) in [5.41, 5.74) is 1.58. The molecule has 0 saturated carbocycles. The highest BCUT2D eigenvalue weighted by Crippen LogP contribution is 2.23. The average Bonchev–Trinajstić information content (AvgIpc) is 2.13. The Morgan fingerprint density at radius 3 is 2.14 bits per heavy atom. The lowest BCUT2D eigenvalue weighted by Gasteiger charge is -2.21. The second-order valence-electron chi connectivity index (χ2n) is 5.08. The van der Waals surface area contributed by atoms with Gasteiger partial charge >= 0.3 is 0 Å². The molecular weight excluding hydrogens is 168 g/mol. The summed E-state index contributed by atoms with van der Waals surface area (Å²) in [4.78, 5) is 0. The van der Waals surface area contributed by atoms with Gasteiger partial charge in [-0.25, -0.2) is 0 Å². The molecule has 0 nitrogen and oxygen atoms in total. The van der Waals surface area contributed by atoms with Crippen molar-refractivity contribution in [2.75, 3.05) is 0 Å². The molecule has 2 atom stereocenters. The van der Waals surface area contributed by atoms with Crippen LogP contribution in [-0.2, 0) is 0 Å². The molecule has 0 amide bonds. The molecule has 0 bridgehead atoms. The van der Waals surface area contributed by atoms with Gasteiger partial charge in [-0.3, -0.25) is 0 Å². The molecule has 0 rings (SSSR count). The molecule has 0 aromatic heterocycles. The van der Waals surface area contributed by atoms with Gasteiger partial charge in [-0.15, -0.1) is 0 Å². The Morgan fingerprint density at radius 1 is 1.14 bits per heavy atom. The van der Waals surface area contributed by atoms with Crippen molar-refractivity contribution < 1.29 is 0 Å². The number of rotatable bonds is 6. The third kappa shape index (κ3) is 5.47. The molecule has 0 heteroatoms. The maximum atomic E-state index is 2.47. The van der Waals surface area contributed by atoms with E-state index in [2.05, 4.69) is 47.6 Å². The zero-order valence-electron chi connectivity index (χ0n) is 10.9. The molecule has 0 saturated heterocycles. The Balaban J connectivity index is 4.06. The first kappa shape index (κ1) is 13.7. The van der Waals surface area contributed by atoms with Crippen LogP contribution in [0.5, 0.6) is 0 Å². The minimum absolute atomic E-state index is 0.729. The summed E-state index contributed by atoms with van der Waals surface area (Å²) in [6.45, 7) is 13.9. The minimum atomic E-state index is 0.729. The first-order chi connectivity index (χ1) is 6.49. The first-order valence-electron chi connectivity index (χ1n) is 6.16. The Bertz CT molecular complexity index is 165. The number of hydrogen-bond acceptors (Lipinski definition) is 0. The van der Waals surface area contributed by atoms with Crippen LogP contribution >= 0.6 is 0 Å². The first-order valence-corrected chi connectivity index (χ1v) is 6.16. The van der Waals surface area contributed by atoms with Crippen LogP contribution in [0.1, 0.15) is 60.8 Å². The summed E-state index contributed by atoms with van der Waals surface area (Å²) in [7, 11) is 0. The normalized spacial score (nSPS) is 17.2. The van der Waals surface area contributed by atoms with Gasteiger partial charge in [-0.05, 0) is 37.5 Å². The van der Waals surface area contributed by atoms with E-state index in [4.69, 9.17) is 0 Å². The molecule has 0 aliphatic heterocycles. The largest absolute Gasteiger partial charge is 0.0825 e. The molecule has 0 heterocycles. The van der Waals surface area contributed by atoms with E-state index in [1.54, 1.807) is 5.57 Å². The minimum Gasteiger partial charge on any atom is -0.0825 e. The van der Waals surface area contributed by atoms with Gasteiger partial charge in [0.2, 0.25) is 0 Å². The quantitative estimate of drug-likeness (QED) is 0.521. The SMILES string of the molecule is CCCCC(C)=CC(C)C(C)C(C)C. The number of unbranched alkanes of at least 4 members (excludes halogenated alkanes) is 1. The molecule has 0 aromatic rings. The lowest BCUT2D eigenvalue weighted by molar-refractivity contribution is 0.341. The van der Waals surface area contributed by atoms with E-state index in [0.717, 1.165) is 17.8 Å². The van der Waals surface area contributed by atoms with E-state index in [9.17, 15) is 0 Å². The van der Waals surface area contributed by atoms with Crippen LogP contribution in [0, 0.1) is 17.8 Å². The fraction of sp³-hybridized carbons (Fsp3) is 0.857. The van der Waals surface area contributed by atoms with Gasteiger partial charge in [0, 0.05) is 0 Å². The summed E-state index contributed by atoms with van der Waals surface area (Å²) < 4.78 is 0. The summed E-state index contributed by atoms with van der Waals surface area (Å²) in [6.07, 6.45) is 6.40. The molecule has 0 fully saturated rings.